The molecule has 0 radical (unpaired) electrons. The minimum Gasteiger partial charge on any atom is -0.279 e. The van der Waals surface area contributed by atoms with Gasteiger partial charge in [0.15, 0.2) is 0 Å². The van der Waals surface area contributed by atoms with E-state index in [1.54, 1.807) is 24.3 Å². The van der Waals surface area contributed by atoms with Crippen LogP contribution in [-0.4, -0.2) is 21.1 Å². The van der Waals surface area contributed by atoms with Gasteiger partial charge in [-0.05, 0) is 25.1 Å². The van der Waals surface area contributed by atoms with Crippen LogP contribution in [0.5, 0.6) is 0 Å². The number of anilines is 1. The third-order valence-electron chi connectivity index (χ3n) is 2.85. The van der Waals surface area contributed by atoms with Gasteiger partial charge in [0.2, 0.25) is 5.95 Å². The normalized spacial score (nSPS) is 10.6. The molecule has 2 N–H and O–H groups in total. The molecule has 0 unspecified atom stereocenters. The van der Waals surface area contributed by atoms with E-state index in [1.165, 1.54) is 9.58 Å². The minimum absolute atomic E-state index is 0.229. The molecular formula is C13H16ClN5O. The molecule has 0 fully saturated rings. The molecule has 1 aromatic carbocycles. The summed E-state index contributed by atoms with van der Waals surface area (Å²) in [6, 6.07) is 7.01. The second-order valence-electron chi connectivity index (χ2n) is 4.18. The van der Waals surface area contributed by atoms with Crippen molar-refractivity contribution in [3.8, 4) is 5.69 Å². The SMILES string of the molecule is CCc1nc(N(N)CC)nc(=O)n1-c1cccc(Cl)c1. The van der Waals surface area contributed by atoms with Crippen LogP contribution in [-0.2, 0) is 6.42 Å². The van der Waals surface area contributed by atoms with Crippen molar-refractivity contribution < 1.29 is 0 Å². The minimum atomic E-state index is -0.419. The van der Waals surface area contributed by atoms with Crippen LogP contribution in [0.15, 0.2) is 29.1 Å². The van der Waals surface area contributed by atoms with Crippen molar-refractivity contribution in [3.05, 3.63) is 45.6 Å². The van der Waals surface area contributed by atoms with Gasteiger partial charge < -0.3 is 0 Å². The molecule has 0 bridgehead atoms. The molecule has 6 nitrogen and oxygen atoms in total. The van der Waals surface area contributed by atoms with Crippen molar-refractivity contribution in [1.82, 2.24) is 14.5 Å². The molecule has 0 aliphatic heterocycles. The Morgan fingerprint density at radius 3 is 2.70 bits per heavy atom. The van der Waals surface area contributed by atoms with E-state index in [4.69, 9.17) is 17.4 Å². The Kier molecular flexibility index (Phi) is 4.36. The van der Waals surface area contributed by atoms with Gasteiger partial charge in [-0.2, -0.15) is 9.97 Å². The van der Waals surface area contributed by atoms with E-state index >= 15 is 0 Å². The van der Waals surface area contributed by atoms with E-state index in [9.17, 15) is 4.79 Å². The lowest BCUT2D eigenvalue weighted by atomic mass is 10.3. The first kappa shape index (κ1) is 14.5. The zero-order valence-corrected chi connectivity index (χ0v) is 12.1. The van der Waals surface area contributed by atoms with Crippen molar-refractivity contribution in [2.24, 2.45) is 5.84 Å². The van der Waals surface area contributed by atoms with E-state index in [0.717, 1.165) is 0 Å². The molecule has 0 amide bonds. The quantitative estimate of drug-likeness (QED) is 0.683. The largest absolute Gasteiger partial charge is 0.356 e. The zero-order valence-electron chi connectivity index (χ0n) is 11.4. The molecule has 0 spiro atoms. The summed E-state index contributed by atoms with van der Waals surface area (Å²) in [5.41, 5.74) is 0.226. The van der Waals surface area contributed by atoms with Crippen molar-refractivity contribution >= 4 is 17.5 Å². The molecule has 20 heavy (non-hydrogen) atoms. The Morgan fingerprint density at radius 1 is 1.35 bits per heavy atom. The van der Waals surface area contributed by atoms with Gasteiger partial charge in [0.05, 0.1) is 5.69 Å². The summed E-state index contributed by atoms with van der Waals surface area (Å²) >= 11 is 5.96. The molecule has 2 rings (SSSR count). The Balaban J connectivity index is 2.62. The highest BCUT2D eigenvalue weighted by Gasteiger charge is 2.13. The number of nitrogens with two attached hydrogens (primary N) is 1. The summed E-state index contributed by atoms with van der Waals surface area (Å²) in [5.74, 6) is 6.56. The van der Waals surface area contributed by atoms with Crippen LogP contribution < -0.4 is 16.5 Å². The lowest BCUT2D eigenvalue weighted by molar-refractivity contribution is 0.732. The van der Waals surface area contributed by atoms with E-state index < -0.39 is 5.69 Å². The second-order valence-corrected chi connectivity index (χ2v) is 4.61. The number of hydrogen-bond donors (Lipinski definition) is 1. The monoisotopic (exact) mass is 293 g/mol. The van der Waals surface area contributed by atoms with Gasteiger partial charge in [-0.1, -0.05) is 24.6 Å². The maximum absolute atomic E-state index is 12.2. The fraction of sp³-hybridized carbons (Fsp3) is 0.308. The van der Waals surface area contributed by atoms with E-state index in [-0.39, 0.29) is 5.95 Å². The Hall–Kier alpha value is -1.92. The maximum Gasteiger partial charge on any atom is 0.356 e. The number of hydrazine groups is 1. The van der Waals surface area contributed by atoms with Gasteiger partial charge in [-0.3, -0.25) is 5.01 Å². The van der Waals surface area contributed by atoms with Crippen LogP contribution in [0.25, 0.3) is 5.69 Å². The zero-order chi connectivity index (χ0) is 14.7. The van der Waals surface area contributed by atoms with Gasteiger partial charge in [0.25, 0.3) is 0 Å². The lowest BCUT2D eigenvalue weighted by Crippen LogP contribution is -2.36. The van der Waals surface area contributed by atoms with Gasteiger partial charge in [-0.15, -0.1) is 0 Å². The standard InChI is InChI=1S/C13H16ClN5O/c1-3-11-16-12(18(15)4-2)17-13(20)19(11)10-7-5-6-9(14)8-10/h5-8H,3-4,15H2,1-2H3. The van der Waals surface area contributed by atoms with Crippen molar-refractivity contribution in [2.75, 3.05) is 11.6 Å². The first-order valence-corrected chi connectivity index (χ1v) is 6.72. The summed E-state index contributed by atoms with van der Waals surface area (Å²) in [6.07, 6.45) is 0.578. The highest BCUT2D eigenvalue weighted by Crippen LogP contribution is 2.15. The van der Waals surface area contributed by atoms with Crippen LogP contribution in [0.2, 0.25) is 5.02 Å². The topological polar surface area (TPSA) is 77.0 Å². The number of benzene rings is 1. The van der Waals surface area contributed by atoms with Crippen LogP contribution in [0.1, 0.15) is 19.7 Å². The number of hydrogen-bond acceptors (Lipinski definition) is 5. The van der Waals surface area contributed by atoms with E-state index in [0.29, 0.717) is 29.5 Å². The molecule has 1 heterocycles. The van der Waals surface area contributed by atoms with Crippen LogP contribution in [0.3, 0.4) is 0 Å². The van der Waals surface area contributed by atoms with Crippen LogP contribution in [0.4, 0.5) is 5.95 Å². The number of halogens is 1. The number of aromatic nitrogens is 3. The van der Waals surface area contributed by atoms with Crippen molar-refractivity contribution in [3.63, 3.8) is 0 Å². The van der Waals surface area contributed by atoms with E-state index in [2.05, 4.69) is 9.97 Å². The Labute approximate surface area is 121 Å². The lowest BCUT2D eigenvalue weighted by Gasteiger charge is -2.16. The average Bonchev–Trinajstić information content (AvgIpc) is 2.45. The molecule has 0 aliphatic carbocycles. The van der Waals surface area contributed by atoms with Crippen molar-refractivity contribution in [2.45, 2.75) is 20.3 Å². The number of rotatable bonds is 4. The average molecular weight is 294 g/mol. The molecule has 0 atom stereocenters. The van der Waals surface area contributed by atoms with Gasteiger partial charge in [0.1, 0.15) is 5.82 Å². The molecule has 1 aromatic heterocycles. The predicted octanol–water partition coefficient (Wildman–Crippen LogP) is 1.54. The third-order valence-corrected chi connectivity index (χ3v) is 3.09. The molecule has 0 aliphatic rings. The number of aryl methyl sites for hydroxylation is 1. The summed E-state index contributed by atoms with van der Waals surface area (Å²) in [7, 11) is 0. The van der Waals surface area contributed by atoms with Crippen LogP contribution >= 0.6 is 11.6 Å². The Morgan fingerprint density at radius 2 is 2.10 bits per heavy atom. The molecule has 2 aromatic rings. The highest BCUT2D eigenvalue weighted by atomic mass is 35.5. The molecule has 7 heteroatoms. The summed E-state index contributed by atoms with van der Waals surface area (Å²) < 4.78 is 1.44. The third kappa shape index (κ3) is 2.81. The first-order valence-electron chi connectivity index (χ1n) is 6.35. The molecule has 0 saturated carbocycles. The second kappa shape index (κ2) is 6.02. The summed E-state index contributed by atoms with van der Waals surface area (Å²) in [4.78, 5) is 20.5. The fourth-order valence-corrected chi connectivity index (χ4v) is 2.00. The Bertz CT molecular complexity index is 670. The predicted molar refractivity (Wildman–Crippen MR) is 79.2 cm³/mol. The van der Waals surface area contributed by atoms with Gasteiger partial charge in [-0.25, -0.2) is 15.2 Å². The molecule has 106 valence electrons. The first-order chi connectivity index (χ1) is 9.56. The van der Waals surface area contributed by atoms with Gasteiger partial charge >= 0.3 is 5.69 Å². The van der Waals surface area contributed by atoms with Gasteiger partial charge in [0, 0.05) is 18.0 Å². The summed E-state index contributed by atoms with van der Waals surface area (Å²) in [6.45, 7) is 4.29. The van der Waals surface area contributed by atoms with E-state index in [1.807, 2.05) is 13.8 Å². The number of nitrogens with zero attached hydrogens (tertiary/aromatic N) is 4. The fourth-order valence-electron chi connectivity index (χ4n) is 1.82. The van der Waals surface area contributed by atoms with Crippen LogP contribution in [0, 0.1) is 0 Å². The highest BCUT2D eigenvalue weighted by molar-refractivity contribution is 6.30. The maximum atomic E-state index is 12.2. The molecular weight excluding hydrogens is 278 g/mol. The molecule has 0 saturated heterocycles. The summed E-state index contributed by atoms with van der Waals surface area (Å²) in [5, 5.41) is 1.89. The van der Waals surface area contributed by atoms with Crippen molar-refractivity contribution in [1.29, 1.82) is 0 Å². The smallest absolute Gasteiger partial charge is 0.279 e.